The summed E-state index contributed by atoms with van der Waals surface area (Å²) in [7, 11) is 0. The van der Waals surface area contributed by atoms with Crippen molar-refractivity contribution in [2.24, 2.45) is 0 Å². The first kappa shape index (κ1) is 19.1. The van der Waals surface area contributed by atoms with Crippen molar-refractivity contribution >= 4 is 22.6 Å². The summed E-state index contributed by atoms with van der Waals surface area (Å²) in [6.07, 6.45) is 4.53. The lowest BCUT2D eigenvalue weighted by atomic mass is 10.2. The number of benzene rings is 2. The number of aromatic nitrogens is 4. The molecule has 5 rings (SSSR count). The Kier molecular flexibility index (Phi) is 5.38. The predicted molar refractivity (Wildman–Crippen MR) is 114 cm³/mol. The third-order valence-electron chi connectivity index (χ3n) is 5.38. The Bertz CT molecular complexity index is 1130. The van der Waals surface area contributed by atoms with Crippen LogP contribution in [0.15, 0.2) is 53.3 Å². The van der Waals surface area contributed by atoms with E-state index in [9.17, 15) is 0 Å². The van der Waals surface area contributed by atoms with Crippen LogP contribution < -0.4 is 4.74 Å². The van der Waals surface area contributed by atoms with Gasteiger partial charge in [0.1, 0.15) is 5.75 Å². The van der Waals surface area contributed by atoms with E-state index in [-0.39, 0.29) is 6.61 Å². The molecule has 1 fully saturated rings. The monoisotopic (exact) mass is 423 g/mol. The Morgan fingerprint density at radius 1 is 1.03 bits per heavy atom. The zero-order chi connectivity index (χ0) is 20.3. The molecule has 0 radical (unpaired) electrons. The average molecular weight is 424 g/mol. The summed E-state index contributed by atoms with van der Waals surface area (Å²) in [5, 5.41) is 4.75. The summed E-state index contributed by atoms with van der Waals surface area (Å²) >= 11 is 5.88. The Morgan fingerprint density at radius 3 is 2.70 bits per heavy atom. The fraction of sp³-hybridized carbons (Fsp3) is 0.318. The van der Waals surface area contributed by atoms with Crippen molar-refractivity contribution in [2.45, 2.75) is 26.0 Å². The van der Waals surface area contributed by atoms with Gasteiger partial charge in [0, 0.05) is 23.7 Å². The van der Waals surface area contributed by atoms with Gasteiger partial charge >= 0.3 is 0 Å². The summed E-state index contributed by atoms with van der Waals surface area (Å²) in [4.78, 5) is 11.5. The summed E-state index contributed by atoms with van der Waals surface area (Å²) in [5.74, 6) is 1.63. The van der Waals surface area contributed by atoms with E-state index in [1.54, 1.807) is 24.3 Å². The molecule has 0 saturated carbocycles. The van der Waals surface area contributed by atoms with Crippen molar-refractivity contribution in [2.75, 3.05) is 19.6 Å². The van der Waals surface area contributed by atoms with Gasteiger partial charge in [0.2, 0.25) is 5.82 Å². The molecule has 8 heteroatoms. The van der Waals surface area contributed by atoms with Gasteiger partial charge in [0.05, 0.1) is 17.4 Å². The number of rotatable bonds is 7. The van der Waals surface area contributed by atoms with Crippen molar-refractivity contribution in [3.63, 3.8) is 0 Å². The van der Waals surface area contributed by atoms with Crippen LogP contribution in [0.25, 0.3) is 22.4 Å². The number of hydrogen-bond donors (Lipinski definition) is 0. The lowest BCUT2D eigenvalue weighted by Gasteiger charge is -2.14. The standard InChI is InChI=1S/C22H22ClN5O2/c23-17-4-6-18(7-5-17)29-14-21-25-22(26-30-21)16-3-8-20-19(13-16)24-15-28(20)12-11-27-9-1-2-10-27/h3-8,13,15H,1-2,9-12,14H2. The molecule has 1 aliphatic heterocycles. The van der Waals surface area contributed by atoms with Crippen LogP contribution in [0.4, 0.5) is 0 Å². The van der Waals surface area contributed by atoms with Gasteiger partial charge in [-0.3, -0.25) is 0 Å². The van der Waals surface area contributed by atoms with Gasteiger partial charge in [-0.1, -0.05) is 16.8 Å². The van der Waals surface area contributed by atoms with Crippen molar-refractivity contribution in [1.82, 2.24) is 24.6 Å². The second kappa shape index (κ2) is 8.45. The largest absolute Gasteiger partial charge is 0.484 e. The lowest BCUT2D eigenvalue weighted by Crippen LogP contribution is -2.23. The van der Waals surface area contributed by atoms with E-state index in [2.05, 4.69) is 30.7 Å². The average Bonchev–Trinajstić information content (AvgIpc) is 3.52. The minimum absolute atomic E-state index is 0.196. The molecule has 3 heterocycles. The number of likely N-dealkylation sites (tertiary alicyclic amines) is 1. The molecule has 1 aliphatic rings. The number of nitrogens with zero attached hydrogens (tertiary/aromatic N) is 5. The maximum atomic E-state index is 5.88. The van der Waals surface area contributed by atoms with Crippen molar-refractivity contribution < 1.29 is 9.26 Å². The lowest BCUT2D eigenvalue weighted by molar-refractivity contribution is 0.243. The third-order valence-corrected chi connectivity index (χ3v) is 5.63. The molecule has 0 unspecified atom stereocenters. The molecule has 0 atom stereocenters. The van der Waals surface area contributed by atoms with Crippen LogP contribution >= 0.6 is 11.6 Å². The minimum atomic E-state index is 0.196. The van der Waals surface area contributed by atoms with Crippen LogP contribution in [-0.4, -0.2) is 44.2 Å². The molecule has 0 amide bonds. The molecule has 0 bridgehead atoms. The molecule has 4 aromatic rings. The van der Waals surface area contributed by atoms with Gasteiger partial charge in [-0.25, -0.2) is 4.98 Å². The summed E-state index contributed by atoms with van der Waals surface area (Å²) in [6, 6.07) is 13.2. The highest BCUT2D eigenvalue weighted by Gasteiger charge is 2.14. The SMILES string of the molecule is Clc1ccc(OCc2nc(-c3ccc4c(c3)ncn4CCN3CCCC3)no2)cc1. The second-order valence-electron chi connectivity index (χ2n) is 7.44. The third kappa shape index (κ3) is 4.17. The van der Waals surface area contributed by atoms with Gasteiger partial charge in [0.25, 0.3) is 5.89 Å². The fourth-order valence-corrected chi connectivity index (χ4v) is 3.87. The Labute approximate surface area is 179 Å². The Hall–Kier alpha value is -2.90. The van der Waals surface area contributed by atoms with Gasteiger partial charge in [-0.05, 0) is 68.4 Å². The minimum Gasteiger partial charge on any atom is -0.484 e. The van der Waals surface area contributed by atoms with Crippen LogP contribution in [0.2, 0.25) is 5.02 Å². The number of hydrogen-bond acceptors (Lipinski definition) is 6. The zero-order valence-electron chi connectivity index (χ0n) is 16.5. The van der Waals surface area contributed by atoms with E-state index in [0.717, 1.165) is 29.7 Å². The molecular weight excluding hydrogens is 402 g/mol. The Balaban J connectivity index is 1.26. The first-order chi connectivity index (χ1) is 14.7. The highest BCUT2D eigenvalue weighted by molar-refractivity contribution is 6.30. The van der Waals surface area contributed by atoms with Crippen molar-refractivity contribution in [1.29, 1.82) is 0 Å². The zero-order valence-corrected chi connectivity index (χ0v) is 17.3. The molecule has 0 spiro atoms. The van der Waals surface area contributed by atoms with Gasteiger partial charge < -0.3 is 18.7 Å². The molecule has 1 saturated heterocycles. The van der Waals surface area contributed by atoms with Crippen molar-refractivity contribution in [3.8, 4) is 17.1 Å². The van der Waals surface area contributed by atoms with E-state index in [1.165, 1.54) is 25.9 Å². The van der Waals surface area contributed by atoms with E-state index in [1.807, 2.05) is 18.5 Å². The van der Waals surface area contributed by atoms with E-state index in [0.29, 0.717) is 22.5 Å². The smallest absolute Gasteiger partial charge is 0.264 e. The molecule has 0 aliphatic carbocycles. The highest BCUT2D eigenvalue weighted by Crippen LogP contribution is 2.23. The van der Waals surface area contributed by atoms with Crippen LogP contribution in [-0.2, 0) is 13.2 Å². The molecule has 7 nitrogen and oxygen atoms in total. The summed E-state index contributed by atoms with van der Waals surface area (Å²) in [5.41, 5.74) is 2.92. The molecule has 154 valence electrons. The molecule has 0 N–H and O–H groups in total. The summed E-state index contributed by atoms with van der Waals surface area (Å²) in [6.45, 7) is 4.62. The first-order valence-corrected chi connectivity index (χ1v) is 10.5. The maximum absolute atomic E-state index is 5.88. The van der Waals surface area contributed by atoms with Gasteiger partial charge in [-0.15, -0.1) is 0 Å². The van der Waals surface area contributed by atoms with Crippen LogP contribution in [0.1, 0.15) is 18.7 Å². The number of fused-ring (bicyclic) bond motifs is 1. The fourth-order valence-electron chi connectivity index (χ4n) is 3.74. The normalized spacial score (nSPS) is 14.6. The van der Waals surface area contributed by atoms with Gasteiger partial charge in [-0.2, -0.15) is 4.98 Å². The Morgan fingerprint density at radius 2 is 1.87 bits per heavy atom. The van der Waals surface area contributed by atoms with Crippen molar-refractivity contribution in [3.05, 3.63) is 59.7 Å². The highest BCUT2D eigenvalue weighted by atomic mass is 35.5. The second-order valence-corrected chi connectivity index (χ2v) is 7.88. The van der Waals surface area contributed by atoms with Crippen LogP contribution in [0.5, 0.6) is 5.75 Å². The quantitative estimate of drug-likeness (QED) is 0.438. The van der Waals surface area contributed by atoms with Gasteiger partial charge in [0.15, 0.2) is 6.61 Å². The van der Waals surface area contributed by atoms with Crippen LogP contribution in [0, 0.1) is 0 Å². The van der Waals surface area contributed by atoms with E-state index < -0.39 is 0 Å². The molecule has 30 heavy (non-hydrogen) atoms. The van der Waals surface area contributed by atoms with Crippen LogP contribution in [0.3, 0.4) is 0 Å². The van der Waals surface area contributed by atoms with E-state index in [4.69, 9.17) is 20.9 Å². The number of ether oxygens (including phenoxy) is 1. The van der Waals surface area contributed by atoms with E-state index >= 15 is 0 Å². The molecule has 2 aromatic carbocycles. The molecule has 2 aromatic heterocycles. The molecular formula is C22H22ClN5O2. The number of imidazole rings is 1. The topological polar surface area (TPSA) is 69.2 Å². The predicted octanol–water partition coefficient (Wildman–Crippen LogP) is 4.41. The summed E-state index contributed by atoms with van der Waals surface area (Å²) < 4.78 is 13.2. The maximum Gasteiger partial charge on any atom is 0.264 e. The first-order valence-electron chi connectivity index (χ1n) is 10.1. The number of halogens is 1.